The molecule has 1 heterocycles. The molecule has 3 rings (SSSR count). The van der Waals surface area contributed by atoms with Gasteiger partial charge in [0.2, 0.25) is 5.91 Å². The number of amides is 2. The van der Waals surface area contributed by atoms with Crippen LogP contribution in [0.25, 0.3) is 0 Å². The monoisotopic (exact) mass is 564 g/mol. The molecule has 0 fully saturated rings. The Labute approximate surface area is 239 Å². The van der Waals surface area contributed by atoms with E-state index in [1.54, 1.807) is 45.3 Å². The Kier molecular flexibility index (Phi) is 10.3. The van der Waals surface area contributed by atoms with E-state index in [0.717, 1.165) is 11.1 Å². The maximum absolute atomic E-state index is 13.4. The summed E-state index contributed by atoms with van der Waals surface area (Å²) in [6, 6.07) is 18.7. The molecule has 0 saturated heterocycles. The van der Waals surface area contributed by atoms with Gasteiger partial charge in [-0.1, -0.05) is 60.3 Å². The highest BCUT2D eigenvalue weighted by Crippen LogP contribution is 2.25. The summed E-state index contributed by atoms with van der Waals surface area (Å²) in [6.07, 6.45) is -0.695. The molecule has 0 unspecified atom stereocenters. The van der Waals surface area contributed by atoms with Crippen LogP contribution in [0.5, 0.6) is 0 Å². The second-order valence-electron chi connectivity index (χ2n) is 10.7. The van der Waals surface area contributed by atoms with Crippen molar-refractivity contribution >= 4 is 23.8 Å². The number of thioether (sulfide) groups is 1. The first-order chi connectivity index (χ1) is 18.9. The van der Waals surface area contributed by atoms with Crippen molar-refractivity contribution < 1.29 is 19.1 Å². The molecule has 1 aromatic heterocycles. The van der Waals surface area contributed by atoms with Crippen molar-refractivity contribution in [3.8, 4) is 6.07 Å². The first-order valence-electron chi connectivity index (χ1n) is 12.8. The molecular formula is C29H36N6O4S. The lowest BCUT2D eigenvalue weighted by atomic mass is 10.0. The van der Waals surface area contributed by atoms with Crippen LogP contribution in [0.4, 0.5) is 4.79 Å². The Morgan fingerprint density at radius 1 is 1.05 bits per heavy atom. The standard InChI is InChI=1S/C29H36N6O4S/c1-28(2,3)39-27(37)32-29(4,5)25(36)31-23(18-38-17-20-12-8-7-9-13-20)24-33-34-26(35(24)6)40-19-22-15-11-10-14-21(22)16-30/h7-15,23H,17-19H2,1-6H3,(H,31,36)(H,32,37)/t23-/m1/s1. The molecule has 2 N–H and O–H groups in total. The van der Waals surface area contributed by atoms with Gasteiger partial charge in [0.05, 0.1) is 24.8 Å². The van der Waals surface area contributed by atoms with Gasteiger partial charge in [0.1, 0.15) is 17.2 Å². The lowest BCUT2D eigenvalue weighted by molar-refractivity contribution is -0.127. The van der Waals surface area contributed by atoms with Crippen molar-refractivity contribution in [1.82, 2.24) is 25.4 Å². The van der Waals surface area contributed by atoms with Crippen molar-refractivity contribution in [3.63, 3.8) is 0 Å². The molecule has 0 spiro atoms. The molecule has 11 heteroatoms. The fraction of sp³-hybridized carbons (Fsp3) is 0.414. The van der Waals surface area contributed by atoms with Gasteiger partial charge in [-0.2, -0.15) is 5.26 Å². The van der Waals surface area contributed by atoms with Crippen LogP contribution >= 0.6 is 11.8 Å². The summed E-state index contributed by atoms with van der Waals surface area (Å²) >= 11 is 1.44. The predicted octanol–water partition coefficient (Wildman–Crippen LogP) is 4.66. The number of alkyl carbamates (subject to hydrolysis) is 1. The average Bonchev–Trinajstić information content (AvgIpc) is 3.25. The summed E-state index contributed by atoms with van der Waals surface area (Å²) in [6.45, 7) is 8.92. The van der Waals surface area contributed by atoms with Crippen LogP contribution in [0.3, 0.4) is 0 Å². The number of aromatic nitrogens is 3. The van der Waals surface area contributed by atoms with Crippen LogP contribution in [0.2, 0.25) is 0 Å². The van der Waals surface area contributed by atoms with Gasteiger partial charge in [-0.25, -0.2) is 4.79 Å². The van der Waals surface area contributed by atoms with Crippen molar-refractivity contribution in [1.29, 1.82) is 5.26 Å². The number of carbonyl (C=O) groups is 2. The van der Waals surface area contributed by atoms with Gasteiger partial charge >= 0.3 is 6.09 Å². The van der Waals surface area contributed by atoms with E-state index in [9.17, 15) is 14.9 Å². The largest absolute Gasteiger partial charge is 0.444 e. The molecule has 0 bridgehead atoms. The number of carbonyl (C=O) groups excluding carboxylic acids is 2. The third-order valence-corrected chi connectivity index (χ3v) is 6.83. The second-order valence-corrected chi connectivity index (χ2v) is 11.7. The molecule has 10 nitrogen and oxygen atoms in total. The number of nitriles is 1. The number of nitrogens with zero attached hydrogens (tertiary/aromatic N) is 4. The molecule has 0 radical (unpaired) electrons. The molecule has 1 atom stereocenters. The van der Waals surface area contributed by atoms with Crippen LogP contribution < -0.4 is 10.6 Å². The Morgan fingerprint density at radius 3 is 2.40 bits per heavy atom. The Hall–Kier alpha value is -3.88. The lowest BCUT2D eigenvalue weighted by Gasteiger charge is -2.29. The first-order valence-corrected chi connectivity index (χ1v) is 13.8. The average molecular weight is 565 g/mol. The quantitative estimate of drug-likeness (QED) is 0.322. The van der Waals surface area contributed by atoms with Gasteiger partial charge in [-0.15, -0.1) is 10.2 Å². The fourth-order valence-electron chi connectivity index (χ4n) is 3.66. The van der Waals surface area contributed by atoms with E-state index in [4.69, 9.17) is 9.47 Å². The molecule has 0 aliphatic carbocycles. The summed E-state index contributed by atoms with van der Waals surface area (Å²) in [5.41, 5.74) is 0.509. The minimum absolute atomic E-state index is 0.122. The first kappa shape index (κ1) is 30.7. The van der Waals surface area contributed by atoms with E-state index in [1.807, 2.05) is 55.6 Å². The van der Waals surface area contributed by atoms with E-state index >= 15 is 0 Å². The maximum Gasteiger partial charge on any atom is 0.408 e. The molecule has 212 valence electrons. The van der Waals surface area contributed by atoms with Gasteiger partial charge in [0.25, 0.3) is 0 Å². The zero-order valence-electron chi connectivity index (χ0n) is 23.7. The highest BCUT2D eigenvalue weighted by Gasteiger charge is 2.34. The SMILES string of the molecule is Cn1c(SCc2ccccc2C#N)nnc1[C@@H](COCc1ccccc1)NC(=O)C(C)(C)NC(=O)OC(C)(C)C. The van der Waals surface area contributed by atoms with Gasteiger partial charge < -0.3 is 24.7 Å². The van der Waals surface area contributed by atoms with Gasteiger partial charge in [-0.3, -0.25) is 4.79 Å². The number of benzene rings is 2. The lowest BCUT2D eigenvalue weighted by Crippen LogP contribution is -2.56. The second kappa shape index (κ2) is 13.5. The zero-order chi connectivity index (χ0) is 29.3. The summed E-state index contributed by atoms with van der Waals surface area (Å²) in [5, 5.41) is 24.3. The summed E-state index contributed by atoms with van der Waals surface area (Å²) < 4.78 is 13.1. The van der Waals surface area contributed by atoms with Gasteiger partial charge in [0, 0.05) is 12.8 Å². The van der Waals surface area contributed by atoms with E-state index < -0.39 is 29.2 Å². The van der Waals surface area contributed by atoms with Crippen molar-refractivity contribution in [2.45, 2.75) is 69.3 Å². The summed E-state index contributed by atoms with van der Waals surface area (Å²) in [7, 11) is 1.81. The molecule has 0 aliphatic heterocycles. The van der Waals surface area contributed by atoms with Crippen LogP contribution in [0.1, 0.15) is 63.2 Å². The molecule has 3 aromatic rings. The molecule has 2 amide bonds. The number of hydrogen-bond donors (Lipinski definition) is 2. The topological polar surface area (TPSA) is 131 Å². The number of hydrogen-bond acceptors (Lipinski definition) is 8. The summed E-state index contributed by atoms with van der Waals surface area (Å²) in [5.74, 6) is 0.585. The van der Waals surface area contributed by atoms with E-state index in [0.29, 0.717) is 28.9 Å². The predicted molar refractivity (Wildman–Crippen MR) is 152 cm³/mol. The van der Waals surface area contributed by atoms with Gasteiger partial charge in [0.15, 0.2) is 11.0 Å². The minimum Gasteiger partial charge on any atom is -0.444 e. The molecule has 40 heavy (non-hydrogen) atoms. The number of nitrogens with one attached hydrogen (secondary N) is 2. The highest BCUT2D eigenvalue weighted by atomic mass is 32.2. The summed E-state index contributed by atoms with van der Waals surface area (Å²) in [4.78, 5) is 25.7. The van der Waals surface area contributed by atoms with E-state index in [2.05, 4.69) is 26.9 Å². The zero-order valence-corrected chi connectivity index (χ0v) is 24.5. The molecule has 2 aromatic carbocycles. The molecule has 0 aliphatic rings. The van der Waals surface area contributed by atoms with Crippen LogP contribution in [0.15, 0.2) is 59.8 Å². The van der Waals surface area contributed by atoms with Crippen molar-refractivity contribution in [3.05, 3.63) is 77.1 Å². The Morgan fingerprint density at radius 2 is 1.73 bits per heavy atom. The third-order valence-electron chi connectivity index (χ3n) is 5.76. The Balaban J connectivity index is 1.77. The fourth-order valence-corrected chi connectivity index (χ4v) is 4.58. The number of rotatable bonds is 11. The normalized spacial score (nSPS) is 12.3. The van der Waals surface area contributed by atoms with Crippen molar-refractivity contribution in [2.24, 2.45) is 7.05 Å². The Bertz CT molecular complexity index is 1340. The maximum atomic E-state index is 13.4. The molecule has 0 saturated carbocycles. The van der Waals surface area contributed by atoms with Crippen LogP contribution in [-0.4, -0.2) is 44.5 Å². The van der Waals surface area contributed by atoms with Crippen LogP contribution in [-0.2, 0) is 33.7 Å². The number of ether oxygens (including phenoxy) is 2. The third kappa shape index (κ3) is 8.83. The molecular weight excluding hydrogens is 528 g/mol. The van der Waals surface area contributed by atoms with Crippen molar-refractivity contribution in [2.75, 3.05) is 6.61 Å². The smallest absolute Gasteiger partial charge is 0.408 e. The van der Waals surface area contributed by atoms with Crippen LogP contribution in [0, 0.1) is 11.3 Å². The minimum atomic E-state index is -1.28. The highest BCUT2D eigenvalue weighted by molar-refractivity contribution is 7.98. The van der Waals surface area contributed by atoms with E-state index in [-0.39, 0.29) is 6.61 Å². The van der Waals surface area contributed by atoms with Gasteiger partial charge in [-0.05, 0) is 51.8 Å². The van der Waals surface area contributed by atoms with E-state index in [1.165, 1.54) is 11.8 Å².